The van der Waals surface area contributed by atoms with Crippen molar-refractivity contribution >= 4 is 39.2 Å². The molecule has 3 nitrogen and oxygen atoms in total. The molecule has 1 aliphatic rings. The zero-order valence-electron chi connectivity index (χ0n) is 7.35. The van der Waals surface area contributed by atoms with E-state index >= 15 is 0 Å². The molecule has 0 unspecified atom stereocenters. The number of nitrogens with zero attached hydrogens (tertiary/aromatic N) is 1. The van der Waals surface area contributed by atoms with Crippen molar-refractivity contribution in [1.29, 1.82) is 0 Å². The molecule has 2 N–H and O–H groups in total. The minimum atomic E-state index is 0.689. The maximum Gasteiger partial charge on any atom is 0.195 e. The highest BCUT2D eigenvalue weighted by Gasteiger charge is 2.05. The molecule has 0 aromatic heterocycles. The number of halogens is 2. The van der Waals surface area contributed by atoms with Crippen molar-refractivity contribution in [2.45, 2.75) is 0 Å². The molecule has 0 aliphatic carbocycles. The molecule has 0 spiro atoms. The summed E-state index contributed by atoms with van der Waals surface area (Å²) >= 11 is 9.29. The quantitative estimate of drug-likeness (QED) is 0.825. The number of aliphatic imine (C=N–C) groups is 1. The molecule has 0 saturated carbocycles. The minimum Gasteiger partial charge on any atom is -0.354 e. The Kier molecular flexibility index (Phi) is 2.93. The van der Waals surface area contributed by atoms with Gasteiger partial charge in [0.2, 0.25) is 0 Å². The van der Waals surface area contributed by atoms with E-state index in [0.29, 0.717) is 5.02 Å². The average molecular weight is 275 g/mol. The maximum atomic E-state index is 5.95. The van der Waals surface area contributed by atoms with E-state index in [9.17, 15) is 0 Å². The monoisotopic (exact) mass is 273 g/mol. The predicted octanol–water partition coefficient (Wildman–Crippen LogP) is 2.47. The second-order valence-electron chi connectivity index (χ2n) is 2.91. The van der Waals surface area contributed by atoms with Crippen LogP contribution in [0.15, 0.2) is 27.7 Å². The summed E-state index contributed by atoms with van der Waals surface area (Å²) in [4.78, 5) is 4.22. The number of rotatable bonds is 1. The Morgan fingerprint density at radius 1 is 1.50 bits per heavy atom. The molecule has 0 bridgehead atoms. The van der Waals surface area contributed by atoms with Gasteiger partial charge < -0.3 is 10.6 Å². The van der Waals surface area contributed by atoms with E-state index in [0.717, 1.165) is 29.2 Å². The lowest BCUT2D eigenvalue weighted by Crippen LogP contribution is -2.26. The molecule has 74 valence electrons. The van der Waals surface area contributed by atoms with Gasteiger partial charge in [-0.1, -0.05) is 11.6 Å². The number of guanidine groups is 1. The summed E-state index contributed by atoms with van der Waals surface area (Å²) < 4.78 is 0.894. The van der Waals surface area contributed by atoms with Crippen LogP contribution in [0.25, 0.3) is 0 Å². The lowest BCUT2D eigenvalue weighted by atomic mass is 10.3. The van der Waals surface area contributed by atoms with E-state index in [1.807, 2.05) is 18.2 Å². The Bertz CT molecular complexity index is 378. The van der Waals surface area contributed by atoms with Gasteiger partial charge in [0, 0.05) is 16.7 Å². The summed E-state index contributed by atoms with van der Waals surface area (Å²) in [5.74, 6) is 0.809. The van der Waals surface area contributed by atoms with Crippen LogP contribution in [0.1, 0.15) is 0 Å². The van der Waals surface area contributed by atoms with Gasteiger partial charge in [-0.15, -0.1) is 0 Å². The lowest BCUT2D eigenvalue weighted by Gasteiger charge is -2.07. The highest BCUT2D eigenvalue weighted by Crippen LogP contribution is 2.25. The summed E-state index contributed by atoms with van der Waals surface area (Å²) in [5, 5.41) is 6.95. The van der Waals surface area contributed by atoms with Crippen molar-refractivity contribution in [2.75, 3.05) is 18.4 Å². The Balaban J connectivity index is 2.13. The summed E-state index contributed by atoms with van der Waals surface area (Å²) in [6.07, 6.45) is 0. The Morgan fingerprint density at radius 3 is 3.00 bits per heavy atom. The highest BCUT2D eigenvalue weighted by molar-refractivity contribution is 9.10. The van der Waals surface area contributed by atoms with Crippen LogP contribution in [0.3, 0.4) is 0 Å². The van der Waals surface area contributed by atoms with Gasteiger partial charge in [-0.05, 0) is 34.1 Å². The zero-order valence-corrected chi connectivity index (χ0v) is 9.69. The van der Waals surface area contributed by atoms with Crippen molar-refractivity contribution in [3.8, 4) is 0 Å². The maximum absolute atomic E-state index is 5.95. The average Bonchev–Trinajstić information content (AvgIpc) is 2.64. The molecule has 1 aliphatic heterocycles. The fourth-order valence-corrected chi connectivity index (χ4v) is 1.62. The number of hydrogen-bond donors (Lipinski definition) is 2. The number of benzene rings is 1. The van der Waals surface area contributed by atoms with E-state index in [2.05, 4.69) is 31.6 Å². The third-order valence-electron chi connectivity index (χ3n) is 1.86. The fourth-order valence-electron chi connectivity index (χ4n) is 1.19. The minimum absolute atomic E-state index is 0.689. The largest absolute Gasteiger partial charge is 0.354 e. The van der Waals surface area contributed by atoms with Crippen molar-refractivity contribution in [3.05, 3.63) is 27.7 Å². The molecular formula is C9H9BrClN3. The van der Waals surface area contributed by atoms with Crippen LogP contribution < -0.4 is 10.6 Å². The normalized spacial score (nSPS) is 14.9. The second kappa shape index (κ2) is 4.19. The number of hydrogen-bond acceptors (Lipinski definition) is 3. The van der Waals surface area contributed by atoms with Crippen LogP contribution in [0.2, 0.25) is 5.02 Å². The Hall–Kier alpha value is -0.740. The summed E-state index contributed by atoms with van der Waals surface area (Å²) in [7, 11) is 0. The fraction of sp³-hybridized carbons (Fsp3) is 0.222. The Labute approximate surface area is 95.7 Å². The van der Waals surface area contributed by atoms with E-state index in [4.69, 9.17) is 11.6 Å². The number of nitrogens with one attached hydrogen (secondary N) is 2. The van der Waals surface area contributed by atoms with Gasteiger partial charge in [-0.25, -0.2) is 0 Å². The molecule has 1 heterocycles. The van der Waals surface area contributed by atoms with Gasteiger partial charge in [0.15, 0.2) is 5.96 Å². The van der Waals surface area contributed by atoms with E-state index in [1.165, 1.54) is 0 Å². The molecule has 0 radical (unpaired) electrons. The summed E-state index contributed by atoms with van der Waals surface area (Å²) in [5.41, 5.74) is 0.936. The predicted molar refractivity (Wildman–Crippen MR) is 63.1 cm³/mol. The number of anilines is 1. The van der Waals surface area contributed by atoms with Crippen LogP contribution in [0, 0.1) is 0 Å². The van der Waals surface area contributed by atoms with Crippen LogP contribution >= 0.6 is 27.5 Å². The zero-order chi connectivity index (χ0) is 9.97. The smallest absolute Gasteiger partial charge is 0.195 e. The van der Waals surface area contributed by atoms with Crippen molar-refractivity contribution < 1.29 is 0 Å². The molecule has 14 heavy (non-hydrogen) atoms. The van der Waals surface area contributed by atoms with Gasteiger partial charge in [0.05, 0.1) is 11.6 Å². The first-order chi connectivity index (χ1) is 6.75. The third-order valence-corrected chi connectivity index (χ3v) is 3.09. The summed E-state index contributed by atoms with van der Waals surface area (Å²) in [6, 6.07) is 5.70. The second-order valence-corrected chi connectivity index (χ2v) is 4.17. The van der Waals surface area contributed by atoms with Crippen LogP contribution in [-0.4, -0.2) is 19.0 Å². The molecule has 1 aromatic rings. The topological polar surface area (TPSA) is 36.4 Å². The van der Waals surface area contributed by atoms with Crippen molar-refractivity contribution in [2.24, 2.45) is 4.99 Å². The van der Waals surface area contributed by atoms with Gasteiger partial charge in [-0.3, -0.25) is 4.99 Å². The van der Waals surface area contributed by atoms with Crippen LogP contribution in [-0.2, 0) is 0 Å². The van der Waals surface area contributed by atoms with Crippen molar-refractivity contribution in [1.82, 2.24) is 5.32 Å². The standard InChI is InChI=1S/C9H9BrClN3/c10-7-2-1-6(5-8(7)11)14-9-12-3-4-13-9/h1-2,5H,3-4H2,(H2,12,13,14). The molecular weight excluding hydrogens is 265 g/mol. The van der Waals surface area contributed by atoms with Gasteiger partial charge >= 0.3 is 0 Å². The van der Waals surface area contributed by atoms with E-state index in [1.54, 1.807) is 0 Å². The van der Waals surface area contributed by atoms with E-state index < -0.39 is 0 Å². The molecule has 0 fully saturated rings. The first kappa shape index (κ1) is 9.80. The molecule has 2 rings (SSSR count). The first-order valence-electron chi connectivity index (χ1n) is 4.26. The summed E-state index contributed by atoms with van der Waals surface area (Å²) in [6.45, 7) is 1.72. The third kappa shape index (κ3) is 2.19. The molecule has 5 heteroatoms. The van der Waals surface area contributed by atoms with Gasteiger partial charge in [0.25, 0.3) is 0 Å². The molecule has 0 saturated heterocycles. The molecule has 1 aromatic carbocycles. The van der Waals surface area contributed by atoms with Crippen molar-refractivity contribution in [3.63, 3.8) is 0 Å². The lowest BCUT2D eigenvalue weighted by molar-refractivity contribution is 0.959. The van der Waals surface area contributed by atoms with Gasteiger partial charge in [-0.2, -0.15) is 0 Å². The first-order valence-corrected chi connectivity index (χ1v) is 5.43. The van der Waals surface area contributed by atoms with Crippen LogP contribution in [0.5, 0.6) is 0 Å². The molecule has 0 atom stereocenters. The van der Waals surface area contributed by atoms with Crippen LogP contribution in [0.4, 0.5) is 5.69 Å². The molecule has 0 amide bonds. The Morgan fingerprint density at radius 2 is 2.36 bits per heavy atom. The van der Waals surface area contributed by atoms with E-state index in [-0.39, 0.29) is 0 Å². The highest BCUT2D eigenvalue weighted by atomic mass is 79.9. The van der Waals surface area contributed by atoms with Gasteiger partial charge in [0.1, 0.15) is 0 Å². The SMILES string of the molecule is Clc1cc(NC2=NCCN2)ccc1Br.